The summed E-state index contributed by atoms with van der Waals surface area (Å²) in [6, 6.07) is 18.8. The number of benzene rings is 2. The van der Waals surface area contributed by atoms with Crippen molar-refractivity contribution in [3.05, 3.63) is 54.6 Å². The minimum atomic E-state index is 0. The highest BCUT2D eigenvalue weighted by atomic mass is 35.5. The maximum absolute atomic E-state index is 5.82. The third-order valence-electron chi connectivity index (χ3n) is 3.43. The highest BCUT2D eigenvalue weighted by molar-refractivity contribution is 7.80. The SMILES string of the molecule is Cl.NC(CS)CCCCOc1ccc(-c2ccccc2)cc1. The molecule has 2 N–H and O–H groups in total. The normalized spacial score (nSPS) is 11.5. The zero-order valence-corrected chi connectivity index (χ0v) is 14.4. The molecule has 22 heavy (non-hydrogen) atoms. The molecule has 0 aromatic heterocycles. The van der Waals surface area contributed by atoms with Gasteiger partial charge in [0.25, 0.3) is 0 Å². The Morgan fingerprint density at radius 1 is 0.909 bits per heavy atom. The summed E-state index contributed by atoms with van der Waals surface area (Å²) in [5.74, 6) is 1.68. The Kier molecular flexibility index (Phi) is 9.05. The second-order valence-corrected chi connectivity index (χ2v) is 5.54. The molecule has 0 saturated heterocycles. The second kappa shape index (κ2) is 10.5. The van der Waals surface area contributed by atoms with Crippen LogP contribution in [0, 0.1) is 0 Å². The largest absolute Gasteiger partial charge is 0.494 e. The van der Waals surface area contributed by atoms with Crippen molar-refractivity contribution in [3.8, 4) is 16.9 Å². The van der Waals surface area contributed by atoms with Gasteiger partial charge in [0.15, 0.2) is 0 Å². The van der Waals surface area contributed by atoms with Gasteiger partial charge in [-0.15, -0.1) is 12.4 Å². The van der Waals surface area contributed by atoms with Crippen molar-refractivity contribution < 1.29 is 4.74 Å². The quantitative estimate of drug-likeness (QED) is 0.546. The van der Waals surface area contributed by atoms with E-state index >= 15 is 0 Å². The molecule has 4 heteroatoms. The van der Waals surface area contributed by atoms with Crippen LogP contribution in [0.5, 0.6) is 5.75 Å². The first-order valence-corrected chi connectivity index (χ1v) is 8.07. The van der Waals surface area contributed by atoms with Crippen LogP contribution >= 0.6 is 25.0 Å². The number of unbranched alkanes of at least 4 members (excludes halogenated alkanes) is 1. The molecule has 0 amide bonds. The number of hydrogen-bond donors (Lipinski definition) is 2. The molecule has 0 bridgehead atoms. The lowest BCUT2D eigenvalue weighted by atomic mass is 10.1. The number of nitrogens with two attached hydrogens (primary N) is 1. The summed E-state index contributed by atoms with van der Waals surface area (Å²) >= 11 is 4.18. The Labute approximate surface area is 144 Å². The molecule has 1 unspecified atom stereocenters. The Bertz CT molecular complexity index is 518. The molecule has 0 aliphatic carbocycles. The number of ether oxygens (including phenoxy) is 1. The molecule has 0 fully saturated rings. The zero-order chi connectivity index (χ0) is 14.9. The first-order chi connectivity index (χ1) is 10.3. The highest BCUT2D eigenvalue weighted by Gasteiger charge is 2.00. The average molecular weight is 338 g/mol. The summed E-state index contributed by atoms with van der Waals surface area (Å²) < 4.78 is 5.75. The molecule has 2 aromatic carbocycles. The molecule has 120 valence electrons. The predicted molar refractivity (Wildman–Crippen MR) is 100 cm³/mol. The van der Waals surface area contributed by atoms with E-state index in [0.717, 1.165) is 37.4 Å². The summed E-state index contributed by atoms with van der Waals surface area (Å²) in [5.41, 5.74) is 8.26. The lowest BCUT2D eigenvalue weighted by Gasteiger charge is -2.09. The lowest BCUT2D eigenvalue weighted by molar-refractivity contribution is 0.304. The Morgan fingerprint density at radius 2 is 1.55 bits per heavy atom. The van der Waals surface area contributed by atoms with Gasteiger partial charge >= 0.3 is 0 Å². The van der Waals surface area contributed by atoms with Gasteiger partial charge in [-0.1, -0.05) is 42.5 Å². The van der Waals surface area contributed by atoms with Crippen LogP contribution in [0.2, 0.25) is 0 Å². The zero-order valence-electron chi connectivity index (χ0n) is 12.7. The fourth-order valence-electron chi connectivity index (χ4n) is 2.16. The smallest absolute Gasteiger partial charge is 0.119 e. The second-order valence-electron chi connectivity index (χ2n) is 5.18. The van der Waals surface area contributed by atoms with Gasteiger partial charge in [-0.3, -0.25) is 0 Å². The van der Waals surface area contributed by atoms with Gasteiger partial charge in [0.05, 0.1) is 6.61 Å². The van der Waals surface area contributed by atoms with Gasteiger partial charge in [-0.05, 0) is 42.5 Å². The molecule has 2 aromatic rings. The van der Waals surface area contributed by atoms with Gasteiger partial charge in [0.1, 0.15) is 5.75 Å². The number of hydrogen-bond acceptors (Lipinski definition) is 3. The van der Waals surface area contributed by atoms with Crippen molar-refractivity contribution in [3.63, 3.8) is 0 Å². The summed E-state index contributed by atoms with van der Waals surface area (Å²) in [7, 11) is 0. The predicted octanol–water partition coefficient (Wildman–Crippen LogP) is 4.58. The molecular formula is C18H24ClNOS. The molecular weight excluding hydrogens is 314 g/mol. The summed E-state index contributed by atoms with van der Waals surface area (Å²) in [4.78, 5) is 0. The van der Waals surface area contributed by atoms with E-state index in [0.29, 0.717) is 0 Å². The third kappa shape index (κ3) is 6.30. The van der Waals surface area contributed by atoms with E-state index in [-0.39, 0.29) is 18.4 Å². The van der Waals surface area contributed by atoms with Crippen LogP contribution in [0.15, 0.2) is 54.6 Å². The van der Waals surface area contributed by atoms with Gasteiger partial charge in [0.2, 0.25) is 0 Å². The number of thiol groups is 1. The van der Waals surface area contributed by atoms with E-state index in [1.165, 1.54) is 11.1 Å². The van der Waals surface area contributed by atoms with Crippen molar-refractivity contribution in [1.82, 2.24) is 0 Å². The van der Waals surface area contributed by atoms with Gasteiger partial charge in [-0.2, -0.15) is 12.6 Å². The summed E-state index contributed by atoms with van der Waals surface area (Å²) in [6.45, 7) is 0.740. The highest BCUT2D eigenvalue weighted by Crippen LogP contribution is 2.22. The molecule has 0 saturated carbocycles. The molecule has 0 aliphatic heterocycles. The van der Waals surface area contributed by atoms with Crippen LogP contribution < -0.4 is 10.5 Å². The minimum absolute atomic E-state index is 0. The first kappa shape index (κ1) is 18.9. The number of halogens is 1. The molecule has 0 radical (unpaired) electrons. The van der Waals surface area contributed by atoms with Crippen LogP contribution in [-0.2, 0) is 0 Å². The van der Waals surface area contributed by atoms with Gasteiger partial charge in [0, 0.05) is 11.8 Å². The van der Waals surface area contributed by atoms with Crippen molar-refractivity contribution in [1.29, 1.82) is 0 Å². The number of rotatable bonds is 8. The van der Waals surface area contributed by atoms with Crippen LogP contribution in [0.3, 0.4) is 0 Å². The minimum Gasteiger partial charge on any atom is -0.494 e. The van der Waals surface area contributed by atoms with E-state index in [9.17, 15) is 0 Å². The summed E-state index contributed by atoms with van der Waals surface area (Å²) in [5, 5.41) is 0. The fraction of sp³-hybridized carbons (Fsp3) is 0.333. The Hall–Kier alpha value is -1.16. The van der Waals surface area contributed by atoms with Gasteiger partial charge < -0.3 is 10.5 Å². The van der Waals surface area contributed by atoms with Crippen LogP contribution in [0.4, 0.5) is 0 Å². The Balaban J connectivity index is 0.00000242. The molecule has 2 rings (SSSR count). The molecule has 0 aliphatic rings. The fourth-order valence-corrected chi connectivity index (χ4v) is 2.35. The monoisotopic (exact) mass is 337 g/mol. The van der Waals surface area contributed by atoms with Crippen molar-refractivity contribution in [2.45, 2.75) is 25.3 Å². The first-order valence-electron chi connectivity index (χ1n) is 7.44. The molecule has 0 spiro atoms. The van der Waals surface area contributed by atoms with Crippen LogP contribution in [0.1, 0.15) is 19.3 Å². The van der Waals surface area contributed by atoms with Gasteiger partial charge in [-0.25, -0.2) is 0 Å². The van der Waals surface area contributed by atoms with E-state index in [1.807, 2.05) is 18.2 Å². The topological polar surface area (TPSA) is 35.2 Å². The van der Waals surface area contributed by atoms with Crippen LogP contribution in [-0.4, -0.2) is 18.4 Å². The van der Waals surface area contributed by atoms with E-state index in [1.54, 1.807) is 0 Å². The van der Waals surface area contributed by atoms with Crippen molar-refractivity contribution in [2.75, 3.05) is 12.4 Å². The van der Waals surface area contributed by atoms with E-state index in [2.05, 4.69) is 49.0 Å². The van der Waals surface area contributed by atoms with E-state index < -0.39 is 0 Å². The Morgan fingerprint density at radius 3 is 2.18 bits per heavy atom. The standard InChI is InChI=1S/C18H23NOS.ClH/c19-17(14-21)8-4-5-13-20-18-11-9-16(10-12-18)15-6-2-1-3-7-15;/h1-3,6-7,9-12,17,21H,4-5,8,13-14,19H2;1H. The third-order valence-corrected chi connectivity index (χ3v) is 3.90. The van der Waals surface area contributed by atoms with Crippen molar-refractivity contribution in [2.24, 2.45) is 5.73 Å². The van der Waals surface area contributed by atoms with E-state index in [4.69, 9.17) is 10.5 Å². The molecule has 2 nitrogen and oxygen atoms in total. The summed E-state index contributed by atoms with van der Waals surface area (Å²) in [6.07, 6.45) is 3.13. The maximum atomic E-state index is 5.82. The molecule has 1 atom stereocenters. The molecule has 0 heterocycles. The maximum Gasteiger partial charge on any atom is 0.119 e. The van der Waals surface area contributed by atoms with Crippen molar-refractivity contribution >= 4 is 25.0 Å². The lowest BCUT2D eigenvalue weighted by Crippen LogP contribution is -2.21. The average Bonchev–Trinajstić information content (AvgIpc) is 2.55. The van der Waals surface area contributed by atoms with Crippen LogP contribution in [0.25, 0.3) is 11.1 Å².